The lowest BCUT2D eigenvalue weighted by molar-refractivity contribution is 0.311. The number of nitrogens with zero attached hydrogens (tertiary/aromatic N) is 3. The highest BCUT2D eigenvalue weighted by molar-refractivity contribution is 5.77. The van der Waals surface area contributed by atoms with Crippen molar-refractivity contribution in [3.05, 3.63) is 42.6 Å². The van der Waals surface area contributed by atoms with Crippen LogP contribution in [0.2, 0.25) is 0 Å². The number of hydrogen-bond donors (Lipinski definition) is 2. The number of anilines is 1. The first kappa shape index (κ1) is 12.6. The molecule has 0 atom stereocenters. The molecule has 0 unspecified atom stereocenters. The first-order chi connectivity index (χ1) is 9.79. The van der Waals surface area contributed by atoms with Crippen molar-refractivity contribution in [2.45, 2.75) is 0 Å². The number of nitrogens with one attached hydrogen (secondary N) is 1. The van der Waals surface area contributed by atoms with Crippen LogP contribution in [0.15, 0.2) is 42.6 Å². The van der Waals surface area contributed by atoms with E-state index in [9.17, 15) is 0 Å². The minimum Gasteiger partial charge on any atom is -0.395 e. The molecule has 0 spiro atoms. The fraction of sp³-hybridized carbons (Fsp3) is 0.200. The summed E-state index contributed by atoms with van der Waals surface area (Å²) in [5.41, 5.74) is 3.80. The Balaban J connectivity index is 1.96. The lowest BCUT2D eigenvalue weighted by atomic mass is 10.2. The van der Waals surface area contributed by atoms with Crippen LogP contribution in [-0.4, -0.2) is 32.8 Å². The molecule has 0 aliphatic rings. The minimum atomic E-state index is 0.123. The molecule has 0 bridgehead atoms. The molecule has 5 heteroatoms. The Hall–Kier alpha value is -2.40. The Labute approximate surface area is 116 Å². The summed E-state index contributed by atoms with van der Waals surface area (Å²) in [6.45, 7) is 0.674. The molecular formula is C15H16N4O. The topological polar surface area (TPSA) is 63.0 Å². The number of aliphatic hydroxyl groups is 1. The summed E-state index contributed by atoms with van der Waals surface area (Å²) in [4.78, 5) is 8.84. The number of imidazole rings is 1. The van der Waals surface area contributed by atoms with E-state index < -0.39 is 0 Å². The van der Waals surface area contributed by atoms with Crippen LogP contribution in [0.25, 0.3) is 22.6 Å². The van der Waals surface area contributed by atoms with Gasteiger partial charge in [-0.05, 0) is 36.4 Å². The smallest absolute Gasteiger partial charge is 0.178 e. The molecule has 2 heterocycles. The summed E-state index contributed by atoms with van der Waals surface area (Å²) in [5.74, 6) is 0.896. The monoisotopic (exact) mass is 268 g/mol. The maximum atomic E-state index is 8.79. The Morgan fingerprint density at radius 1 is 1.20 bits per heavy atom. The van der Waals surface area contributed by atoms with Gasteiger partial charge in [0.15, 0.2) is 5.65 Å². The number of fused-ring (bicyclic) bond motifs is 1. The first-order valence-corrected chi connectivity index (χ1v) is 6.52. The van der Waals surface area contributed by atoms with E-state index in [1.54, 1.807) is 6.20 Å². The normalized spacial score (nSPS) is 10.9. The largest absolute Gasteiger partial charge is 0.395 e. The highest BCUT2D eigenvalue weighted by atomic mass is 16.3. The van der Waals surface area contributed by atoms with E-state index in [1.165, 1.54) is 0 Å². The number of aliphatic hydroxyl groups excluding tert-OH is 1. The molecule has 0 radical (unpaired) electrons. The van der Waals surface area contributed by atoms with Crippen molar-refractivity contribution in [2.24, 2.45) is 7.05 Å². The lowest BCUT2D eigenvalue weighted by Crippen LogP contribution is -2.05. The van der Waals surface area contributed by atoms with Crippen molar-refractivity contribution in [3.63, 3.8) is 0 Å². The quantitative estimate of drug-likeness (QED) is 0.760. The highest BCUT2D eigenvalue weighted by Gasteiger charge is 2.09. The second-order valence-corrected chi connectivity index (χ2v) is 4.57. The number of rotatable bonds is 4. The maximum Gasteiger partial charge on any atom is 0.178 e. The average molecular weight is 268 g/mol. The molecule has 0 saturated heterocycles. The van der Waals surface area contributed by atoms with Gasteiger partial charge < -0.3 is 15.0 Å². The molecule has 5 nitrogen and oxygen atoms in total. The second-order valence-electron chi connectivity index (χ2n) is 4.57. The third kappa shape index (κ3) is 2.23. The van der Waals surface area contributed by atoms with Crippen molar-refractivity contribution in [1.29, 1.82) is 0 Å². The Morgan fingerprint density at radius 3 is 2.70 bits per heavy atom. The summed E-state index contributed by atoms with van der Waals surface area (Å²) < 4.78 is 2.04. The van der Waals surface area contributed by atoms with Crippen LogP contribution in [0.3, 0.4) is 0 Å². The van der Waals surface area contributed by atoms with Gasteiger partial charge in [0, 0.05) is 31.0 Å². The second kappa shape index (κ2) is 5.30. The fourth-order valence-corrected chi connectivity index (χ4v) is 2.22. The molecule has 2 N–H and O–H groups in total. The summed E-state index contributed by atoms with van der Waals surface area (Å²) in [6.07, 6.45) is 1.75. The van der Waals surface area contributed by atoms with Gasteiger partial charge in [0.25, 0.3) is 0 Å². The molecule has 0 aliphatic carbocycles. The fourth-order valence-electron chi connectivity index (χ4n) is 2.22. The zero-order valence-electron chi connectivity index (χ0n) is 11.2. The van der Waals surface area contributed by atoms with E-state index in [1.807, 2.05) is 48.0 Å². The Bertz CT molecular complexity index is 718. The molecule has 2 aromatic heterocycles. The Morgan fingerprint density at radius 2 is 2.00 bits per heavy atom. The predicted molar refractivity (Wildman–Crippen MR) is 79.5 cm³/mol. The summed E-state index contributed by atoms with van der Waals surface area (Å²) in [6, 6.07) is 11.9. The number of aromatic nitrogens is 3. The minimum absolute atomic E-state index is 0.123. The van der Waals surface area contributed by atoms with Crippen LogP contribution in [0.5, 0.6) is 0 Å². The van der Waals surface area contributed by atoms with Crippen molar-refractivity contribution < 1.29 is 5.11 Å². The zero-order valence-corrected chi connectivity index (χ0v) is 11.2. The van der Waals surface area contributed by atoms with Gasteiger partial charge in [-0.1, -0.05) is 0 Å². The lowest BCUT2D eigenvalue weighted by Gasteiger charge is -2.06. The standard InChI is InChI=1S/C15H16N4O/c1-19-13-3-2-8-17-14(13)18-15(19)11-4-6-12(7-5-11)16-9-10-20/h2-8,16,20H,9-10H2,1H3. The van der Waals surface area contributed by atoms with E-state index in [2.05, 4.69) is 15.3 Å². The molecule has 0 saturated carbocycles. The predicted octanol–water partition coefficient (Wildman–Crippen LogP) is 2.04. The average Bonchev–Trinajstić information content (AvgIpc) is 2.83. The summed E-state index contributed by atoms with van der Waals surface area (Å²) in [5, 5.41) is 11.9. The zero-order chi connectivity index (χ0) is 13.9. The number of pyridine rings is 1. The van der Waals surface area contributed by atoms with Gasteiger partial charge in [0.2, 0.25) is 0 Å². The van der Waals surface area contributed by atoms with Crippen molar-refractivity contribution >= 4 is 16.9 Å². The van der Waals surface area contributed by atoms with Crippen LogP contribution >= 0.6 is 0 Å². The van der Waals surface area contributed by atoms with Gasteiger partial charge >= 0.3 is 0 Å². The van der Waals surface area contributed by atoms with E-state index in [0.29, 0.717) is 6.54 Å². The van der Waals surface area contributed by atoms with Crippen LogP contribution in [0.1, 0.15) is 0 Å². The molecule has 3 rings (SSSR count). The van der Waals surface area contributed by atoms with Gasteiger partial charge in [-0.25, -0.2) is 9.97 Å². The van der Waals surface area contributed by atoms with E-state index in [-0.39, 0.29) is 6.61 Å². The molecule has 3 aromatic rings. The molecule has 102 valence electrons. The van der Waals surface area contributed by atoms with Crippen molar-refractivity contribution in [3.8, 4) is 11.4 Å². The van der Waals surface area contributed by atoms with Gasteiger partial charge in [0.1, 0.15) is 5.82 Å². The SMILES string of the molecule is Cn1c(-c2ccc(NCCO)cc2)nc2ncccc21. The van der Waals surface area contributed by atoms with Crippen LogP contribution in [-0.2, 0) is 7.05 Å². The number of hydrogen-bond acceptors (Lipinski definition) is 4. The van der Waals surface area contributed by atoms with Gasteiger partial charge in [0.05, 0.1) is 12.1 Å². The van der Waals surface area contributed by atoms with Gasteiger partial charge in [-0.15, -0.1) is 0 Å². The van der Waals surface area contributed by atoms with E-state index in [0.717, 1.165) is 28.2 Å². The number of benzene rings is 1. The summed E-state index contributed by atoms with van der Waals surface area (Å²) >= 11 is 0. The third-order valence-corrected chi connectivity index (χ3v) is 3.24. The van der Waals surface area contributed by atoms with Crippen molar-refractivity contribution in [1.82, 2.24) is 14.5 Å². The first-order valence-electron chi connectivity index (χ1n) is 6.52. The molecule has 0 aliphatic heterocycles. The van der Waals surface area contributed by atoms with E-state index >= 15 is 0 Å². The van der Waals surface area contributed by atoms with Crippen molar-refractivity contribution in [2.75, 3.05) is 18.5 Å². The highest BCUT2D eigenvalue weighted by Crippen LogP contribution is 2.23. The molecule has 20 heavy (non-hydrogen) atoms. The molecule has 1 aromatic carbocycles. The summed E-state index contributed by atoms with van der Waals surface area (Å²) in [7, 11) is 1.99. The van der Waals surface area contributed by atoms with Gasteiger partial charge in [-0.2, -0.15) is 0 Å². The third-order valence-electron chi connectivity index (χ3n) is 3.24. The van der Waals surface area contributed by atoms with E-state index in [4.69, 9.17) is 5.11 Å². The Kier molecular flexibility index (Phi) is 3.35. The van der Waals surface area contributed by atoms with Gasteiger partial charge in [-0.3, -0.25) is 0 Å². The number of aryl methyl sites for hydroxylation is 1. The van der Waals surface area contributed by atoms with Crippen LogP contribution in [0, 0.1) is 0 Å². The molecular weight excluding hydrogens is 252 g/mol. The molecule has 0 amide bonds. The van der Waals surface area contributed by atoms with Crippen LogP contribution in [0.4, 0.5) is 5.69 Å². The maximum absolute atomic E-state index is 8.79. The molecule has 0 fully saturated rings. The van der Waals surface area contributed by atoms with Crippen LogP contribution < -0.4 is 5.32 Å².